The number of aromatic nitrogens is 1. The number of hydrogen-bond acceptors (Lipinski definition) is 3. The van der Waals surface area contributed by atoms with Gasteiger partial charge >= 0.3 is 5.97 Å². The van der Waals surface area contributed by atoms with Crippen molar-refractivity contribution in [2.45, 2.75) is 31.2 Å². The summed E-state index contributed by atoms with van der Waals surface area (Å²) in [7, 11) is 0. The lowest BCUT2D eigenvalue weighted by molar-refractivity contribution is -0.145. The third-order valence-electron chi connectivity index (χ3n) is 3.29. The van der Waals surface area contributed by atoms with Gasteiger partial charge < -0.3 is 10.4 Å². The zero-order valence-corrected chi connectivity index (χ0v) is 9.31. The second-order valence-corrected chi connectivity index (χ2v) is 4.54. The fourth-order valence-electron chi connectivity index (χ4n) is 2.25. The number of aliphatic carboxylic acids is 1. The molecule has 2 atom stereocenters. The van der Waals surface area contributed by atoms with E-state index in [1.165, 1.54) is 0 Å². The van der Waals surface area contributed by atoms with Crippen LogP contribution in [-0.4, -0.2) is 28.1 Å². The fourth-order valence-corrected chi connectivity index (χ4v) is 2.25. The van der Waals surface area contributed by atoms with Gasteiger partial charge in [-0.3, -0.25) is 9.78 Å². The van der Waals surface area contributed by atoms with E-state index in [4.69, 9.17) is 0 Å². The second-order valence-electron chi connectivity index (χ2n) is 4.54. The van der Waals surface area contributed by atoms with Crippen LogP contribution < -0.4 is 5.32 Å². The van der Waals surface area contributed by atoms with E-state index >= 15 is 0 Å². The average molecular weight is 220 g/mol. The minimum Gasteiger partial charge on any atom is -0.480 e. The van der Waals surface area contributed by atoms with E-state index in [1.54, 1.807) is 13.1 Å². The third kappa shape index (κ3) is 2.07. The maximum absolute atomic E-state index is 11.2. The van der Waals surface area contributed by atoms with E-state index in [9.17, 15) is 9.90 Å². The topological polar surface area (TPSA) is 62.2 Å². The van der Waals surface area contributed by atoms with Crippen molar-refractivity contribution in [3.05, 3.63) is 30.1 Å². The van der Waals surface area contributed by atoms with E-state index in [-0.39, 0.29) is 5.92 Å². The Kier molecular flexibility index (Phi) is 2.92. The molecule has 2 unspecified atom stereocenters. The summed E-state index contributed by atoms with van der Waals surface area (Å²) >= 11 is 0. The van der Waals surface area contributed by atoms with Crippen molar-refractivity contribution in [1.29, 1.82) is 0 Å². The smallest absolute Gasteiger partial charge is 0.323 e. The van der Waals surface area contributed by atoms with Gasteiger partial charge in [0, 0.05) is 12.4 Å². The van der Waals surface area contributed by atoms with Gasteiger partial charge in [0.25, 0.3) is 0 Å². The molecule has 1 fully saturated rings. The van der Waals surface area contributed by atoms with Crippen LogP contribution in [0.1, 0.15) is 31.2 Å². The van der Waals surface area contributed by atoms with E-state index in [0.717, 1.165) is 18.5 Å². The Bertz CT molecular complexity index is 380. The van der Waals surface area contributed by atoms with Gasteiger partial charge in [-0.1, -0.05) is 6.07 Å². The zero-order chi connectivity index (χ0) is 11.6. The summed E-state index contributed by atoms with van der Waals surface area (Å²) in [6, 6.07) is 3.92. The van der Waals surface area contributed by atoms with Gasteiger partial charge in [-0.05, 0) is 43.9 Å². The summed E-state index contributed by atoms with van der Waals surface area (Å²) in [5.41, 5.74) is 0.329. The van der Waals surface area contributed by atoms with Crippen molar-refractivity contribution in [3.8, 4) is 0 Å². The Morgan fingerprint density at radius 2 is 2.50 bits per heavy atom. The van der Waals surface area contributed by atoms with Crippen molar-refractivity contribution in [2.24, 2.45) is 0 Å². The molecule has 1 saturated heterocycles. The van der Waals surface area contributed by atoms with Gasteiger partial charge in [-0.25, -0.2) is 0 Å². The fraction of sp³-hybridized carbons (Fsp3) is 0.500. The third-order valence-corrected chi connectivity index (χ3v) is 3.29. The number of nitrogens with zero attached hydrogens (tertiary/aromatic N) is 1. The summed E-state index contributed by atoms with van der Waals surface area (Å²) in [5, 5.41) is 12.3. The molecule has 0 aliphatic carbocycles. The molecule has 4 nitrogen and oxygen atoms in total. The molecule has 0 aromatic carbocycles. The summed E-state index contributed by atoms with van der Waals surface area (Å²) in [5.74, 6) is -0.489. The molecule has 0 saturated carbocycles. The number of pyridine rings is 1. The molecule has 0 bridgehead atoms. The minimum atomic E-state index is -0.807. The minimum absolute atomic E-state index is 0.288. The quantitative estimate of drug-likeness (QED) is 0.790. The number of carboxylic acid groups (broad SMARTS) is 1. The van der Waals surface area contributed by atoms with Crippen LogP contribution in [-0.2, 0) is 4.79 Å². The summed E-state index contributed by atoms with van der Waals surface area (Å²) in [6.45, 7) is 2.49. The van der Waals surface area contributed by atoms with E-state index in [1.807, 2.05) is 18.3 Å². The Morgan fingerprint density at radius 3 is 3.12 bits per heavy atom. The predicted octanol–water partition coefficient (Wildman–Crippen LogP) is 1.39. The average Bonchev–Trinajstić information content (AvgIpc) is 2.30. The van der Waals surface area contributed by atoms with Gasteiger partial charge in [-0.2, -0.15) is 0 Å². The van der Waals surface area contributed by atoms with Crippen molar-refractivity contribution in [3.63, 3.8) is 0 Å². The monoisotopic (exact) mass is 220 g/mol. The highest BCUT2D eigenvalue weighted by atomic mass is 16.4. The van der Waals surface area contributed by atoms with Gasteiger partial charge in [0.15, 0.2) is 0 Å². The first-order valence-corrected chi connectivity index (χ1v) is 5.50. The molecule has 1 aliphatic rings. The van der Waals surface area contributed by atoms with Crippen LogP contribution in [0.15, 0.2) is 24.5 Å². The standard InChI is InChI=1S/C12H16N2O2/c1-12(11(15)16)7-9(4-6-14-12)10-3-2-5-13-8-10/h2-3,5,8-9,14H,4,6-7H2,1H3,(H,15,16). The van der Waals surface area contributed by atoms with Gasteiger partial charge in [-0.15, -0.1) is 0 Å². The van der Waals surface area contributed by atoms with Crippen LogP contribution >= 0.6 is 0 Å². The molecular formula is C12H16N2O2. The maximum Gasteiger partial charge on any atom is 0.323 e. The molecule has 2 N–H and O–H groups in total. The number of hydrogen-bond donors (Lipinski definition) is 2. The molecule has 1 aliphatic heterocycles. The molecule has 16 heavy (non-hydrogen) atoms. The molecule has 0 radical (unpaired) electrons. The molecule has 2 heterocycles. The molecule has 2 rings (SSSR count). The Hall–Kier alpha value is -1.42. The maximum atomic E-state index is 11.2. The van der Waals surface area contributed by atoms with E-state index in [2.05, 4.69) is 10.3 Å². The molecular weight excluding hydrogens is 204 g/mol. The summed E-state index contributed by atoms with van der Waals surface area (Å²) in [4.78, 5) is 15.3. The molecule has 1 aromatic rings. The largest absolute Gasteiger partial charge is 0.480 e. The number of carbonyl (C=O) groups is 1. The second kappa shape index (κ2) is 4.22. The lowest BCUT2D eigenvalue weighted by Crippen LogP contribution is -2.53. The predicted molar refractivity (Wildman–Crippen MR) is 60.3 cm³/mol. The Labute approximate surface area is 94.7 Å². The lowest BCUT2D eigenvalue weighted by atomic mass is 9.80. The van der Waals surface area contributed by atoms with Crippen LogP contribution in [0.2, 0.25) is 0 Å². The van der Waals surface area contributed by atoms with Gasteiger partial charge in [0.2, 0.25) is 0 Å². The van der Waals surface area contributed by atoms with Crippen LogP contribution in [0.5, 0.6) is 0 Å². The number of piperidine rings is 1. The molecule has 1 aromatic heterocycles. The first-order valence-electron chi connectivity index (χ1n) is 5.50. The summed E-state index contributed by atoms with van der Waals surface area (Å²) in [6.07, 6.45) is 5.15. The zero-order valence-electron chi connectivity index (χ0n) is 9.31. The van der Waals surface area contributed by atoms with Crippen LogP contribution in [0.4, 0.5) is 0 Å². The lowest BCUT2D eigenvalue weighted by Gasteiger charge is -2.36. The van der Waals surface area contributed by atoms with Crippen LogP contribution in [0.25, 0.3) is 0 Å². The number of rotatable bonds is 2. The van der Waals surface area contributed by atoms with Gasteiger partial charge in [0.1, 0.15) is 5.54 Å². The molecule has 4 heteroatoms. The van der Waals surface area contributed by atoms with Gasteiger partial charge in [0.05, 0.1) is 0 Å². The Balaban J connectivity index is 2.17. The first kappa shape index (κ1) is 11.1. The molecule has 0 spiro atoms. The number of carboxylic acids is 1. The van der Waals surface area contributed by atoms with Crippen LogP contribution in [0, 0.1) is 0 Å². The van der Waals surface area contributed by atoms with E-state index in [0.29, 0.717) is 6.42 Å². The molecule has 0 amide bonds. The molecule has 86 valence electrons. The summed E-state index contributed by atoms with van der Waals surface area (Å²) < 4.78 is 0. The normalized spacial score (nSPS) is 29.9. The Morgan fingerprint density at radius 1 is 1.69 bits per heavy atom. The highest BCUT2D eigenvalue weighted by molar-refractivity contribution is 5.78. The van der Waals surface area contributed by atoms with Crippen molar-refractivity contribution in [1.82, 2.24) is 10.3 Å². The van der Waals surface area contributed by atoms with Crippen molar-refractivity contribution >= 4 is 5.97 Å². The first-order chi connectivity index (χ1) is 7.62. The SMILES string of the molecule is CC1(C(=O)O)CC(c2cccnc2)CCN1. The highest BCUT2D eigenvalue weighted by Gasteiger charge is 2.38. The van der Waals surface area contributed by atoms with Crippen LogP contribution in [0.3, 0.4) is 0 Å². The van der Waals surface area contributed by atoms with Crippen molar-refractivity contribution in [2.75, 3.05) is 6.54 Å². The van der Waals surface area contributed by atoms with E-state index < -0.39 is 11.5 Å². The van der Waals surface area contributed by atoms with Crippen molar-refractivity contribution < 1.29 is 9.90 Å². The highest BCUT2D eigenvalue weighted by Crippen LogP contribution is 2.32. The number of nitrogens with one attached hydrogen (secondary N) is 1.